The molecule has 5 heteroatoms. The van der Waals surface area contributed by atoms with Crippen LogP contribution in [0.5, 0.6) is 5.75 Å². The van der Waals surface area contributed by atoms with Gasteiger partial charge in [-0.25, -0.2) is 8.42 Å². The van der Waals surface area contributed by atoms with Crippen LogP contribution in [0.3, 0.4) is 0 Å². The highest BCUT2D eigenvalue weighted by Gasteiger charge is 2.43. The van der Waals surface area contributed by atoms with Crippen LogP contribution < -0.4 is 4.74 Å². The van der Waals surface area contributed by atoms with Gasteiger partial charge in [-0.1, -0.05) is 81.5 Å². The van der Waals surface area contributed by atoms with Gasteiger partial charge in [0.15, 0.2) is 9.84 Å². The third-order valence-corrected chi connectivity index (χ3v) is 8.76. The number of rotatable bonds is 8. The van der Waals surface area contributed by atoms with Crippen molar-refractivity contribution >= 4 is 21.4 Å². The summed E-state index contributed by atoms with van der Waals surface area (Å²) >= 11 is 6.48. The van der Waals surface area contributed by atoms with Gasteiger partial charge in [-0.2, -0.15) is 0 Å². The van der Waals surface area contributed by atoms with Crippen LogP contribution in [0.15, 0.2) is 47.4 Å². The number of hydrogen-bond donors (Lipinski definition) is 0. The molecule has 0 spiro atoms. The third-order valence-electron chi connectivity index (χ3n) is 6.45. The smallest absolute Gasteiger partial charge is 0.179 e. The fourth-order valence-electron chi connectivity index (χ4n) is 4.89. The fraction of sp³-hybridized carbons (Fsp3) is 0.520. The van der Waals surface area contributed by atoms with Crippen LogP contribution in [0.2, 0.25) is 5.02 Å². The van der Waals surface area contributed by atoms with Crippen LogP contribution >= 0.6 is 11.6 Å². The Morgan fingerprint density at radius 2 is 1.70 bits per heavy atom. The quantitative estimate of drug-likeness (QED) is 0.435. The van der Waals surface area contributed by atoms with Gasteiger partial charge in [0, 0.05) is 12.0 Å². The summed E-state index contributed by atoms with van der Waals surface area (Å²) in [6.45, 7) is 4.35. The number of methoxy groups -OCH3 is 1. The zero-order valence-electron chi connectivity index (χ0n) is 18.3. The third kappa shape index (κ3) is 4.86. The van der Waals surface area contributed by atoms with Gasteiger partial charge in [-0.3, -0.25) is 0 Å². The van der Waals surface area contributed by atoms with Crippen molar-refractivity contribution in [1.82, 2.24) is 0 Å². The summed E-state index contributed by atoms with van der Waals surface area (Å²) in [5, 5.41) is 0.460. The molecule has 2 aromatic carbocycles. The Morgan fingerprint density at radius 1 is 1.07 bits per heavy atom. The molecule has 1 unspecified atom stereocenters. The van der Waals surface area contributed by atoms with Crippen molar-refractivity contribution in [3.05, 3.63) is 58.6 Å². The first kappa shape index (κ1) is 23.1. The van der Waals surface area contributed by atoms with Gasteiger partial charge in [0.25, 0.3) is 0 Å². The van der Waals surface area contributed by atoms with Gasteiger partial charge >= 0.3 is 0 Å². The molecule has 1 atom stereocenters. The zero-order valence-corrected chi connectivity index (χ0v) is 19.9. The van der Waals surface area contributed by atoms with Crippen molar-refractivity contribution < 1.29 is 13.2 Å². The molecule has 1 aliphatic heterocycles. The number of hydrogen-bond acceptors (Lipinski definition) is 3. The minimum atomic E-state index is -3.48. The Kier molecular flexibility index (Phi) is 7.52. The minimum Gasteiger partial charge on any atom is -0.495 e. The molecule has 0 saturated heterocycles. The van der Waals surface area contributed by atoms with Gasteiger partial charge < -0.3 is 4.74 Å². The van der Waals surface area contributed by atoms with E-state index in [0.717, 1.165) is 56.1 Å². The summed E-state index contributed by atoms with van der Waals surface area (Å²) in [4.78, 5) is 0.382. The van der Waals surface area contributed by atoms with Gasteiger partial charge in [-0.05, 0) is 41.9 Å². The maximum atomic E-state index is 13.7. The first-order valence-corrected chi connectivity index (χ1v) is 13.0. The van der Waals surface area contributed by atoms with Crippen LogP contribution in [0.1, 0.15) is 75.8 Å². The molecule has 0 saturated carbocycles. The van der Waals surface area contributed by atoms with E-state index in [4.69, 9.17) is 16.3 Å². The standard InChI is InChI=1S/C25H33ClO3S/c1-4-6-13-25(14-7-5-2)17-21(19-11-9-8-10-12-19)20-15-22(26)23(29-3)16-24(20)30(27,28)18-25/h8-12,15-16,21H,4-7,13-14,17-18H2,1-3H3. The lowest BCUT2D eigenvalue weighted by atomic mass is 9.70. The average Bonchev–Trinajstić information content (AvgIpc) is 2.83. The monoisotopic (exact) mass is 448 g/mol. The number of halogens is 1. The summed E-state index contributed by atoms with van der Waals surface area (Å²) in [6, 6.07) is 13.7. The number of benzene rings is 2. The van der Waals surface area contributed by atoms with E-state index in [1.165, 1.54) is 7.11 Å². The van der Waals surface area contributed by atoms with Crippen molar-refractivity contribution in [2.24, 2.45) is 5.41 Å². The normalized spacial score (nSPS) is 19.7. The molecule has 0 N–H and O–H groups in total. The first-order valence-electron chi connectivity index (χ1n) is 11.0. The Bertz CT molecular complexity index is 946. The molecule has 1 aliphatic rings. The van der Waals surface area contributed by atoms with E-state index in [2.05, 4.69) is 26.0 Å². The maximum absolute atomic E-state index is 13.7. The summed E-state index contributed by atoms with van der Waals surface area (Å²) in [6.07, 6.45) is 6.91. The van der Waals surface area contributed by atoms with Crippen LogP contribution in [0.4, 0.5) is 0 Å². The van der Waals surface area contributed by atoms with E-state index < -0.39 is 9.84 Å². The van der Waals surface area contributed by atoms with E-state index in [-0.39, 0.29) is 17.1 Å². The molecule has 0 amide bonds. The lowest BCUT2D eigenvalue weighted by Gasteiger charge is -2.35. The SMILES string of the molecule is CCCCC1(CCCC)CC(c2ccccc2)c2cc(Cl)c(OC)cc2S(=O)(=O)C1. The molecular weight excluding hydrogens is 416 g/mol. The molecule has 2 aromatic rings. The second-order valence-corrected chi connectivity index (χ2v) is 11.0. The second-order valence-electron chi connectivity index (χ2n) is 8.66. The van der Waals surface area contributed by atoms with Crippen LogP contribution in [0.25, 0.3) is 0 Å². The number of ether oxygens (including phenoxy) is 1. The highest BCUT2D eigenvalue weighted by Crippen LogP contribution is 2.50. The second kappa shape index (κ2) is 9.74. The molecule has 0 fully saturated rings. The first-order chi connectivity index (χ1) is 14.4. The van der Waals surface area contributed by atoms with Gasteiger partial charge in [0.2, 0.25) is 0 Å². The number of fused-ring (bicyclic) bond motifs is 1. The van der Waals surface area contributed by atoms with E-state index in [9.17, 15) is 8.42 Å². The molecule has 0 radical (unpaired) electrons. The van der Waals surface area contributed by atoms with Crippen molar-refractivity contribution in [3.63, 3.8) is 0 Å². The van der Waals surface area contributed by atoms with E-state index in [0.29, 0.717) is 15.7 Å². The maximum Gasteiger partial charge on any atom is 0.179 e. The van der Waals surface area contributed by atoms with Gasteiger partial charge in [0.1, 0.15) is 5.75 Å². The minimum absolute atomic E-state index is 0.00408. The summed E-state index contributed by atoms with van der Waals surface area (Å²) in [5.41, 5.74) is 1.72. The van der Waals surface area contributed by atoms with Gasteiger partial charge in [0.05, 0.1) is 22.8 Å². The molecule has 0 bridgehead atoms. The van der Waals surface area contributed by atoms with Crippen molar-refractivity contribution in [2.45, 2.75) is 69.6 Å². The predicted molar refractivity (Wildman–Crippen MR) is 124 cm³/mol. The Hall–Kier alpha value is -1.52. The summed E-state index contributed by atoms with van der Waals surface area (Å²) in [7, 11) is -1.95. The molecular formula is C25H33ClO3S. The lowest BCUT2D eigenvalue weighted by molar-refractivity contribution is 0.230. The summed E-state index contributed by atoms with van der Waals surface area (Å²) < 4.78 is 32.8. The number of unbranched alkanes of at least 4 members (excludes halogenated alkanes) is 2. The molecule has 164 valence electrons. The highest BCUT2D eigenvalue weighted by atomic mass is 35.5. The molecule has 1 heterocycles. The lowest BCUT2D eigenvalue weighted by Crippen LogP contribution is -2.30. The highest BCUT2D eigenvalue weighted by molar-refractivity contribution is 7.91. The van der Waals surface area contributed by atoms with E-state index in [1.807, 2.05) is 24.3 Å². The molecule has 0 aromatic heterocycles. The molecule has 30 heavy (non-hydrogen) atoms. The Balaban J connectivity index is 2.23. The van der Waals surface area contributed by atoms with Crippen molar-refractivity contribution in [2.75, 3.05) is 12.9 Å². The number of sulfone groups is 1. The topological polar surface area (TPSA) is 43.4 Å². The van der Waals surface area contributed by atoms with E-state index in [1.54, 1.807) is 6.07 Å². The molecule has 3 nitrogen and oxygen atoms in total. The fourth-order valence-corrected chi connectivity index (χ4v) is 7.36. The predicted octanol–water partition coefficient (Wildman–Crippen LogP) is 7.02. The van der Waals surface area contributed by atoms with Crippen LogP contribution in [0, 0.1) is 5.41 Å². The van der Waals surface area contributed by atoms with Gasteiger partial charge in [-0.15, -0.1) is 0 Å². The average molecular weight is 449 g/mol. The Morgan fingerprint density at radius 3 is 2.27 bits per heavy atom. The van der Waals surface area contributed by atoms with Crippen molar-refractivity contribution in [3.8, 4) is 5.75 Å². The Labute approximate surface area is 186 Å². The zero-order chi connectivity index (χ0) is 21.8. The summed E-state index contributed by atoms with van der Waals surface area (Å²) in [5.74, 6) is 0.609. The largest absolute Gasteiger partial charge is 0.495 e. The van der Waals surface area contributed by atoms with Crippen LogP contribution in [-0.4, -0.2) is 21.3 Å². The molecule has 3 rings (SSSR count). The van der Waals surface area contributed by atoms with Crippen LogP contribution in [-0.2, 0) is 9.84 Å². The molecule has 0 aliphatic carbocycles. The van der Waals surface area contributed by atoms with E-state index >= 15 is 0 Å². The van der Waals surface area contributed by atoms with Crippen molar-refractivity contribution in [1.29, 1.82) is 0 Å².